The van der Waals surface area contributed by atoms with Crippen molar-refractivity contribution in [1.29, 1.82) is 0 Å². The van der Waals surface area contributed by atoms with Gasteiger partial charge < -0.3 is 5.32 Å². The number of imide groups is 1. The van der Waals surface area contributed by atoms with E-state index < -0.39 is 0 Å². The van der Waals surface area contributed by atoms with E-state index in [0.29, 0.717) is 35.5 Å². The van der Waals surface area contributed by atoms with E-state index >= 15 is 0 Å². The van der Waals surface area contributed by atoms with Crippen LogP contribution in [0.5, 0.6) is 0 Å². The number of pyridine rings is 1. The van der Waals surface area contributed by atoms with Crippen LogP contribution in [0.3, 0.4) is 0 Å². The quantitative estimate of drug-likeness (QED) is 0.303. The van der Waals surface area contributed by atoms with E-state index in [1.807, 2.05) is 32.0 Å². The Morgan fingerprint density at radius 2 is 1.98 bits per heavy atom. The SMILES string of the molecule is Cc1ccnc([C@H]2C[C@@H]2C(=O)Nc2nncc(N[C@H](C)c3cc4cc(C5CC5)cc(N5CC(=O)N(C)C5=O)n4n3)n2)n1. The maximum Gasteiger partial charge on any atom is 0.332 e. The first-order valence-corrected chi connectivity index (χ1v) is 13.9. The summed E-state index contributed by atoms with van der Waals surface area (Å²) in [6.07, 6.45) is 6.05. The van der Waals surface area contributed by atoms with Crippen LogP contribution in [0.2, 0.25) is 0 Å². The van der Waals surface area contributed by atoms with Crippen LogP contribution in [0.1, 0.15) is 66.8 Å². The topological polar surface area (TPSA) is 164 Å². The van der Waals surface area contributed by atoms with Gasteiger partial charge in [0, 0.05) is 30.8 Å². The van der Waals surface area contributed by atoms with Crippen LogP contribution in [0.15, 0.2) is 36.7 Å². The molecule has 2 N–H and O–H groups in total. The van der Waals surface area contributed by atoms with E-state index in [1.165, 1.54) is 18.1 Å². The number of nitrogens with zero attached hydrogens (tertiary/aromatic N) is 9. The normalized spacial score (nSPS) is 20.7. The fraction of sp³-hybridized carbons (Fsp3) is 0.393. The average molecular weight is 568 g/mol. The number of aromatic nitrogens is 7. The molecule has 0 unspecified atom stereocenters. The smallest absolute Gasteiger partial charge is 0.332 e. The highest BCUT2D eigenvalue weighted by Gasteiger charge is 2.46. The highest BCUT2D eigenvalue weighted by atomic mass is 16.2. The Kier molecular flexibility index (Phi) is 6.06. The number of hydrogen-bond donors (Lipinski definition) is 2. The predicted molar refractivity (Wildman–Crippen MR) is 151 cm³/mol. The molecule has 4 aromatic rings. The number of likely N-dealkylation sites (N-methyl/N-ethyl adjacent to an activating group) is 1. The minimum Gasteiger partial charge on any atom is -0.360 e. The van der Waals surface area contributed by atoms with Crippen molar-refractivity contribution < 1.29 is 14.4 Å². The Morgan fingerprint density at radius 1 is 1.14 bits per heavy atom. The minimum atomic E-state index is -0.372. The molecule has 14 heteroatoms. The Bertz CT molecular complexity index is 1750. The molecule has 4 amide bonds. The molecule has 4 aromatic heterocycles. The van der Waals surface area contributed by atoms with Gasteiger partial charge in [-0.05, 0) is 68.9 Å². The van der Waals surface area contributed by atoms with E-state index in [1.54, 1.807) is 10.7 Å². The van der Waals surface area contributed by atoms with Crippen LogP contribution in [0.25, 0.3) is 5.52 Å². The van der Waals surface area contributed by atoms with Crippen molar-refractivity contribution in [3.63, 3.8) is 0 Å². The molecule has 1 aliphatic heterocycles. The largest absolute Gasteiger partial charge is 0.360 e. The van der Waals surface area contributed by atoms with Gasteiger partial charge in [0.05, 0.1) is 23.4 Å². The van der Waals surface area contributed by atoms with Gasteiger partial charge >= 0.3 is 6.03 Å². The highest BCUT2D eigenvalue weighted by molar-refractivity contribution is 6.11. The number of anilines is 3. The van der Waals surface area contributed by atoms with Crippen LogP contribution < -0.4 is 15.5 Å². The summed E-state index contributed by atoms with van der Waals surface area (Å²) in [6, 6.07) is 7.16. The van der Waals surface area contributed by atoms with E-state index in [9.17, 15) is 14.4 Å². The third-order valence-electron chi connectivity index (χ3n) is 7.97. The molecular weight excluding hydrogens is 538 g/mol. The number of amides is 4. The van der Waals surface area contributed by atoms with Crippen LogP contribution in [-0.2, 0) is 9.59 Å². The second-order valence-electron chi connectivity index (χ2n) is 11.2. The van der Waals surface area contributed by atoms with Gasteiger partial charge in [0.2, 0.25) is 5.91 Å². The number of rotatable bonds is 8. The zero-order valence-electron chi connectivity index (χ0n) is 23.4. The molecule has 214 valence electrons. The summed E-state index contributed by atoms with van der Waals surface area (Å²) in [6.45, 7) is 3.80. The summed E-state index contributed by atoms with van der Waals surface area (Å²) < 4.78 is 1.71. The molecular formula is C28H29N11O3. The molecule has 3 fully saturated rings. The molecule has 2 aliphatic carbocycles. The molecule has 2 saturated carbocycles. The van der Waals surface area contributed by atoms with Crippen molar-refractivity contribution in [3.8, 4) is 0 Å². The third-order valence-corrected chi connectivity index (χ3v) is 7.97. The molecule has 1 saturated heterocycles. The van der Waals surface area contributed by atoms with Crippen molar-refractivity contribution >= 4 is 40.9 Å². The Balaban J connectivity index is 1.08. The first kappa shape index (κ1) is 25.9. The molecule has 42 heavy (non-hydrogen) atoms. The van der Waals surface area contributed by atoms with Gasteiger partial charge in [-0.3, -0.25) is 24.7 Å². The highest BCUT2D eigenvalue weighted by Crippen LogP contribution is 2.46. The van der Waals surface area contributed by atoms with Gasteiger partial charge in [0.1, 0.15) is 18.2 Å². The molecule has 0 radical (unpaired) electrons. The molecule has 14 nitrogen and oxygen atoms in total. The first-order valence-electron chi connectivity index (χ1n) is 13.9. The standard InChI is InChI=1S/C28H29N11O3/c1-14-6-7-29-25(31-14)19-11-20(19)26(41)34-27-33-22(12-30-35-27)32-15(2)21-10-18-8-17(16-4-5-16)9-23(39(18)36-21)38-13-24(40)37(3)28(38)42/h6-10,12,15-16,19-20H,4-5,11,13H2,1-3H3,(H2,32,33,34,35,41)/t15-,19+,20+/m1/s1. The number of hydrogen-bond acceptors (Lipinski definition) is 10. The third kappa shape index (κ3) is 4.78. The van der Waals surface area contributed by atoms with Gasteiger partial charge in [-0.25, -0.2) is 19.3 Å². The number of fused-ring (bicyclic) bond motifs is 1. The molecule has 7 rings (SSSR count). The van der Waals surface area contributed by atoms with Gasteiger partial charge in [0.15, 0.2) is 5.82 Å². The summed E-state index contributed by atoms with van der Waals surface area (Å²) in [5.41, 5.74) is 3.53. The van der Waals surface area contributed by atoms with E-state index in [0.717, 1.165) is 34.5 Å². The summed E-state index contributed by atoms with van der Waals surface area (Å²) in [7, 11) is 1.49. The van der Waals surface area contributed by atoms with Crippen LogP contribution >= 0.6 is 0 Å². The number of carbonyl (C=O) groups excluding carboxylic acids is 3. The lowest BCUT2D eigenvalue weighted by atomic mass is 10.1. The zero-order chi connectivity index (χ0) is 29.1. The average Bonchev–Trinajstić information content (AvgIpc) is 3.90. The molecule has 3 aliphatic rings. The lowest BCUT2D eigenvalue weighted by Crippen LogP contribution is -2.31. The number of urea groups is 1. The lowest BCUT2D eigenvalue weighted by Gasteiger charge is -2.17. The first-order chi connectivity index (χ1) is 20.2. The Morgan fingerprint density at radius 3 is 2.71 bits per heavy atom. The predicted octanol–water partition coefficient (Wildman–Crippen LogP) is 2.81. The fourth-order valence-corrected chi connectivity index (χ4v) is 5.30. The summed E-state index contributed by atoms with van der Waals surface area (Å²) >= 11 is 0. The monoisotopic (exact) mass is 567 g/mol. The van der Waals surface area contributed by atoms with Gasteiger partial charge in [-0.2, -0.15) is 15.2 Å². The molecule has 5 heterocycles. The summed E-state index contributed by atoms with van der Waals surface area (Å²) in [4.78, 5) is 53.6. The minimum absolute atomic E-state index is 0.0195. The second kappa shape index (κ2) is 9.82. The maximum absolute atomic E-state index is 12.8. The fourth-order valence-electron chi connectivity index (χ4n) is 5.30. The molecule has 3 atom stereocenters. The molecule has 0 aromatic carbocycles. The Labute approximate surface area is 240 Å². The van der Waals surface area contributed by atoms with Crippen molar-refractivity contribution in [3.05, 3.63) is 59.4 Å². The van der Waals surface area contributed by atoms with E-state index in [4.69, 9.17) is 5.10 Å². The van der Waals surface area contributed by atoms with Gasteiger partial charge in [-0.15, -0.1) is 5.10 Å². The number of carbonyl (C=O) groups is 3. The van der Waals surface area contributed by atoms with Crippen molar-refractivity contribution in [2.75, 3.05) is 29.1 Å². The van der Waals surface area contributed by atoms with Crippen molar-refractivity contribution in [1.82, 2.24) is 39.7 Å². The summed E-state index contributed by atoms with van der Waals surface area (Å²) in [5.74, 6) is 1.49. The summed E-state index contributed by atoms with van der Waals surface area (Å²) in [5, 5.41) is 18.8. The van der Waals surface area contributed by atoms with Crippen LogP contribution in [0, 0.1) is 12.8 Å². The molecule has 0 spiro atoms. The lowest BCUT2D eigenvalue weighted by molar-refractivity contribution is -0.124. The van der Waals surface area contributed by atoms with Crippen molar-refractivity contribution in [2.45, 2.75) is 51.0 Å². The van der Waals surface area contributed by atoms with E-state index in [-0.39, 0.29) is 48.2 Å². The van der Waals surface area contributed by atoms with Crippen LogP contribution in [-0.4, -0.2) is 71.1 Å². The number of aryl methyl sites for hydroxylation is 1. The second-order valence-corrected chi connectivity index (χ2v) is 11.2. The van der Waals surface area contributed by atoms with Crippen molar-refractivity contribution in [2.24, 2.45) is 5.92 Å². The van der Waals surface area contributed by atoms with Gasteiger partial charge in [-0.1, -0.05) is 0 Å². The Hall–Kier alpha value is -5.01. The maximum atomic E-state index is 12.8. The van der Waals surface area contributed by atoms with Crippen LogP contribution in [0.4, 0.5) is 22.4 Å². The zero-order valence-corrected chi connectivity index (χ0v) is 23.4. The molecule has 0 bridgehead atoms. The van der Waals surface area contributed by atoms with E-state index in [2.05, 4.69) is 41.8 Å². The van der Waals surface area contributed by atoms with Gasteiger partial charge in [0.25, 0.3) is 11.9 Å². The number of nitrogens with one attached hydrogen (secondary N) is 2.